The van der Waals surface area contributed by atoms with Crippen molar-refractivity contribution < 1.29 is 0 Å². The summed E-state index contributed by atoms with van der Waals surface area (Å²) >= 11 is 5.33. The molecule has 2 rings (SSSR count). The predicted molar refractivity (Wildman–Crippen MR) is 85.8 cm³/mol. The smallest absolute Gasteiger partial charge is 0.0372 e. The minimum absolute atomic E-state index is 0.369. The van der Waals surface area contributed by atoms with Crippen LogP contribution in [-0.2, 0) is 12.8 Å². The number of nitrogens with zero attached hydrogens (tertiary/aromatic N) is 1. The lowest BCUT2D eigenvalue weighted by molar-refractivity contribution is 0.548. The molecule has 4 heteroatoms. The molecule has 0 fully saturated rings. The predicted octanol–water partition coefficient (Wildman–Crippen LogP) is 4.36. The van der Waals surface area contributed by atoms with Gasteiger partial charge in [-0.1, -0.05) is 13.8 Å². The van der Waals surface area contributed by atoms with Crippen LogP contribution in [0.1, 0.15) is 35.9 Å². The van der Waals surface area contributed by atoms with Gasteiger partial charge in [0.2, 0.25) is 0 Å². The number of pyridine rings is 1. The molecule has 0 saturated carbocycles. The van der Waals surface area contributed by atoms with Gasteiger partial charge >= 0.3 is 0 Å². The maximum atomic E-state index is 4.24. The average Bonchev–Trinajstić information content (AvgIpc) is 2.84. The van der Waals surface area contributed by atoms with E-state index in [1.807, 2.05) is 23.7 Å². The van der Waals surface area contributed by atoms with E-state index in [0.29, 0.717) is 6.04 Å². The van der Waals surface area contributed by atoms with Crippen molar-refractivity contribution >= 4 is 27.3 Å². The molecule has 102 valence electrons. The fraction of sp³-hybridized carbons (Fsp3) is 0.400. The standard InChI is InChI=1S/C15H19BrN2S/c1-3-11-9-17-6-5-14(11)15(18-4-2)8-13-7-12(16)10-19-13/h5-7,9-10,15,18H,3-4,8H2,1-2H3. The van der Waals surface area contributed by atoms with Crippen molar-refractivity contribution in [2.24, 2.45) is 0 Å². The number of hydrogen-bond donors (Lipinski definition) is 1. The summed E-state index contributed by atoms with van der Waals surface area (Å²) in [6.07, 6.45) is 5.94. The molecule has 2 nitrogen and oxygen atoms in total. The van der Waals surface area contributed by atoms with Gasteiger partial charge in [0, 0.05) is 39.6 Å². The summed E-state index contributed by atoms with van der Waals surface area (Å²) in [7, 11) is 0. The van der Waals surface area contributed by atoms with Crippen molar-refractivity contribution in [3.63, 3.8) is 0 Å². The maximum absolute atomic E-state index is 4.24. The number of likely N-dealkylation sites (N-methyl/N-ethyl adjacent to an activating group) is 1. The highest BCUT2D eigenvalue weighted by molar-refractivity contribution is 9.10. The van der Waals surface area contributed by atoms with Gasteiger partial charge in [-0.2, -0.15) is 0 Å². The lowest BCUT2D eigenvalue weighted by atomic mass is 9.98. The van der Waals surface area contributed by atoms with E-state index in [1.165, 1.54) is 20.5 Å². The summed E-state index contributed by atoms with van der Waals surface area (Å²) in [5.74, 6) is 0. The number of halogens is 1. The Morgan fingerprint density at radius 2 is 2.26 bits per heavy atom. The Morgan fingerprint density at radius 3 is 2.89 bits per heavy atom. The van der Waals surface area contributed by atoms with Gasteiger partial charge in [-0.15, -0.1) is 11.3 Å². The van der Waals surface area contributed by atoms with E-state index in [9.17, 15) is 0 Å². The third-order valence-electron chi connectivity index (χ3n) is 3.18. The van der Waals surface area contributed by atoms with Crippen molar-refractivity contribution in [3.05, 3.63) is 50.4 Å². The van der Waals surface area contributed by atoms with E-state index in [-0.39, 0.29) is 0 Å². The third kappa shape index (κ3) is 3.88. The first-order valence-electron chi connectivity index (χ1n) is 6.63. The zero-order valence-electron chi connectivity index (χ0n) is 11.3. The van der Waals surface area contributed by atoms with Crippen molar-refractivity contribution in [1.82, 2.24) is 10.3 Å². The molecule has 2 heterocycles. The van der Waals surface area contributed by atoms with Gasteiger partial charge < -0.3 is 5.32 Å². The van der Waals surface area contributed by atoms with Crippen molar-refractivity contribution in [3.8, 4) is 0 Å². The van der Waals surface area contributed by atoms with Gasteiger partial charge in [0.25, 0.3) is 0 Å². The fourth-order valence-corrected chi connectivity index (χ4v) is 3.77. The quantitative estimate of drug-likeness (QED) is 0.846. The second-order valence-electron chi connectivity index (χ2n) is 4.47. The number of rotatable bonds is 6. The molecule has 0 bridgehead atoms. The molecule has 0 amide bonds. The first kappa shape index (κ1) is 14.7. The van der Waals surface area contributed by atoms with E-state index in [1.54, 1.807) is 0 Å². The summed E-state index contributed by atoms with van der Waals surface area (Å²) in [6, 6.07) is 4.73. The molecule has 0 aliphatic heterocycles. The van der Waals surface area contributed by atoms with Crippen LogP contribution >= 0.6 is 27.3 Å². The van der Waals surface area contributed by atoms with E-state index in [0.717, 1.165) is 19.4 Å². The first-order valence-corrected chi connectivity index (χ1v) is 8.31. The van der Waals surface area contributed by atoms with Crippen molar-refractivity contribution in [1.29, 1.82) is 0 Å². The molecule has 2 aromatic rings. The van der Waals surface area contributed by atoms with Crippen LogP contribution in [0.2, 0.25) is 0 Å². The van der Waals surface area contributed by atoms with Gasteiger partial charge in [-0.3, -0.25) is 4.98 Å². The third-order valence-corrected chi connectivity index (χ3v) is 4.90. The first-order chi connectivity index (χ1) is 9.24. The minimum Gasteiger partial charge on any atom is -0.310 e. The molecule has 0 aliphatic carbocycles. The Labute approximate surface area is 127 Å². The molecule has 1 atom stereocenters. The van der Waals surface area contributed by atoms with Crippen LogP contribution in [0, 0.1) is 0 Å². The Balaban J connectivity index is 2.23. The lowest BCUT2D eigenvalue weighted by Gasteiger charge is -2.20. The van der Waals surface area contributed by atoms with Crippen LogP contribution in [-0.4, -0.2) is 11.5 Å². The number of aryl methyl sites for hydroxylation is 1. The molecule has 0 spiro atoms. The summed E-state index contributed by atoms with van der Waals surface area (Å²) < 4.78 is 1.17. The summed E-state index contributed by atoms with van der Waals surface area (Å²) in [6.45, 7) is 5.32. The molecule has 2 aromatic heterocycles. The topological polar surface area (TPSA) is 24.9 Å². The van der Waals surface area contributed by atoms with E-state index < -0.39 is 0 Å². The molecule has 1 unspecified atom stereocenters. The highest BCUT2D eigenvalue weighted by Gasteiger charge is 2.15. The number of hydrogen-bond acceptors (Lipinski definition) is 3. The van der Waals surface area contributed by atoms with E-state index >= 15 is 0 Å². The van der Waals surface area contributed by atoms with Crippen LogP contribution in [0.25, 0.3) is 0 Å². The second-order valence-corrected chi connectivity index (χ2v) is 6.39. The van der Waals surface area contributed by atoms with Crippen molar-refractivity contribution in [2.45, 2.75) is 32.7 Å². The summed E-state index contributed by atoms with van der Waals surface area (Å²) in [5.41, 5.74) is 2.72. The lowest BCUT2D eigenvalue weighted by Crippen LogP contribution is -2.23. The van der Waals surface area contributed by atoms with Crippen LogP contribution in [0.3, 0.4) is 0 Å². The molecule has 0 aromatic carbocycles. The minimum atomic E-state index is 0.369. The highest BCUT2D eigenvalue weighted by atomic mass is 79.9. The monoisotopic (exact) mass is 338 g/mol. The Hall–Kier alpha value is -0.710. The highest BCUT2D eigenvalue weighted by Crippen LogP contribution is 2.27. The van der Waals surface area contributed by atoms with Crippen LogP contribution in [0.4, 0.5) is 0 Å². The number of aromatic nitrogens is 1. The molecule has 0 radical (unpaired) electrons. The summed E-state index contributed by atoms with van der Waals surface area (Å²) in [4.78, 5) is 5.64. The molecule has 1 N–H and O–H groups in total. The Bertz CT molecular complexity index is 524. The normalized spacial score (nSPS) is 12.6. The maximum Gasteiger partial charge on any atom is 0.0372 e. The van der Waals surface area contributed by atoms with Gasteiger partial charge in [0.15, 0.2) is 0 Å². The van der Waals surface area contributed by atoms with Crippen LogP contribution < -0.4 is 5.32 Å². The van der Waals surface area contributed by atoms with Gasteiger partial charge in [0.1, 0.15) is 0 Å². The van der Waals surface area contributed by atoms with Crippen LogP contribution in [0.5, 0.6) is 0 Å². The molecular formula is C15H19BrN2S. The van der Waals surface area contributed by atoms with Crippen LogP contribution in [0.15, 0.2) is 34.4 Å². The van der Waals surface area contributed by atoms with E-state index in [2.05, 4.69) is 57.6 Å². The molecule has 0 aliphatic rings. The van der Waals surface area contributed by atoms with Gasteiger partial charge in [0.05, 0.1) is 0 Å². The molecule has 19 heavy (non-hydrogen) atoms. The summed E-state index contributed by atoms with van der Waals surface area (Å²) in [5, 5.41) is 5.74. The zero-order chi connectivity index (χ0) is 13.7. The fourth-order valence-electron chi connectivity index (χ4n) is 2.27. The van der Waals surface area contributed by atoms with Gasteiger partial charge in [-0.25, -0.2) is 0 Å². The number of thiophene rings is 1. The molecule has 0 saturated heterocycles. The average molecular weight is 339 g/mol. The van der Waals surface area contributed by atoms with Crippen molar-refractivity contribution in [2.75, 3.05) is 6.54 Å². The number of nitrogens with one attached hydrogen (secondary N) is 1. The Morgan fingerprint density at radius 1 is 1.42 bits per heavy atom. The largest absolute Gasteiger partial charge is 0.310 e. The van der Waals surface area contributed by atoms with Gasteiger partial charge in [-0.05, 0) is 52.2 Å². The van der Waals surface area contributed by atoms with E-state index in [4.69, 9.17) is 0 Å². The zero-order valence-corrected chi connectivity index (χ0v) is 13.7. The second kappa shape index (κ2) is 7.17. The molecular weight excluding hydrogens is 320 g/mol. The Kier molecular flexibility index (Phi) is 5.55. The SMILES string of the molecule is CCNC(Cc1cc(Br)cs1)c1ccncc1CC.